The lowest BCUT2D eigenvalue weighted by atomic mass is 10.1. The molecule has 8 heteroatoms. The van der Waals surface area contributed by atoms with Gasteiger partial charge in [-0.1, -0.05) is 24.3 Å². The van der Waals surface area contributed by atoms with E-state index in [1.807, 2.05) is 17.5 Å². The molecule has 0 aliphatic carbocycles. The molecule has 4 rings (SSSR count). The smallest absolute Gasteiger partial charge is 0.349 e. The molecule has 0 spiro atoms. The van der Waals surface area contributed by atoms with E-state index in [1.165, 1.54) is 22.3 Å². The Bertz CT molecular complexity index is 1150. The van der Waals surface area contributed by atoms with E-state index in [0.29, 0.717) is 17.4 Å². The zero-order chi connectivity index (χ0) is 19.0. The number of para-hydroxylation sites is 1. The summed E-state index contributed by atoms with van der Waals surface area (Å²) in [6.07, 6.45) is 0.373. The fourth-order valence-electron chi connectivity index (χ4n) is 3.32. The summed E-state index contributed by atoms with van der Waals surface area (Å²) < 4.78 is 29.2. The normalized spacial score (nSPS) is 18.6. The van der Waals surface area contributed by atoms with Crippen molar-refractivity contribution < 1.29 is 17.6 Å². The molecule has 1 atom stereocenters. The van der Waals surface area contributed by atoms with Gasteiger partial charge in [-0.25, -0.2) is 13.2 Å². The van der Waals surface area contributed by atoms with Crippen LogP contribution < -0.4 is 5.63 Å². The highest BCUT2D eigenvalue weighted by Crippen LogP contribution is 2.24. The fraction of sp³-hybridized carbons (Fsp3) is 0.263. The van der Waals surface area contributed by atoms with Crippen molar-refractivity contribution >= 4 is 38.1 Å². The summed E-state index contributed by atoms with van der Waals surface area (Å²) in [5.41, 5.74) is -0.377. The molecule has 1 aliphatic heterocycles. The Morgan fingerprint density at radius 3 is 2.74 bits per heavy atom. The number of hydrogen-bond donors (Lipinski definition) is 0. The third kappa shape index (κ3) is 3.68. The topological polar surface area (TPSA) is 84.7 Å². The van der Waals surface area contributed by atoms with Crippen LogP contribution in [0.3, 0.4) is 0 Å². The van der Waals surface area contributed by atoms with Gasteiger partial charge >= 0.3 is 5.63 Å². The van der Waals surface area contributed by atoms with Gasteiger partial charge in [-0.15, -0.1) is 11.3 Å². The van der Waals surface area contributed by atoms with E-state index in [-0.39, 0.29) is 23.6 Å². The maximum Gasteiger partial charge on any atom is 0.349 e. The molecule has 3 heterocycles. The lowest BCUT2D eigenvalue weighted by Gasteiger charge is -2.27. The molecule has 1 amide bonds. The molecule has 0 bridgehead atoms. The Kier molecular flexibility index (Phi) is 4.61. The van der Waals surface area contributed by atoms with Crippen LogP contribution in [-0.4, -0.2) is 36.8 Å². The number of benzene rings is 1. The predicted molar refractivity (Wildman–Crippen MR) is 104 cm³/mol. The van der Waals surface area contributed by atoms with Gasteiger partial charge in [0.1, 0.15) is 11.1 Å². The quantitative estimate of drug-likeness (QED) is 0.626. The minimum Gasteiger partial charge on any atom is -0.422 e. The second-order valence-corrected chi connectivity index (χ2v) is 9.82. The first-order valence-electron chi connectivity index (χ1n) is 8.50. The van der Waals surface area contributed by atoms with Gasteiger partial charge in [-0.05, 0) is 30.0 Å². The molecule has 1 fully saturated rings. The van der Waals surface area contributed by atoms with Crippen molar-refractivity contribution in [3.8, 4) is 0 Å². The van der Waals surface area contributed by atoms with Crippen LogP contribution in [0.15, 0.2) is 57.1 Å². The Morgan fingerprint density at radius 2 is 2.04 bits per heavy atom. The SMILES string of the molecule is O=C(c1cc2ccccc2oc1=O)N(Cc1cccs1)[C@H]1CCS(=O)(=O)C1. The summed E-state index contributed by atoms with van der Waals surface area (Å²) in [4.78, 5) is 28.0. The van der Waals surface area contributed by atoms with Crippen molar-refractivity contribution in [2.75, 3.05) is 11.5 Å². The highest BCUT2D eigenvalue weighted by molar-refractivity contribution is 7.91. The molecule has 2 aromatic heterocycles. The zero-order valence-corrected chi connectivity index (χ0v) is 16.0. The third-order valence-electron chi connectivity index (χ3n) is 4.69. The summed E-state index contributed by atoms with van der Waals surface area (Å²) in [6.45, 7) is 0.267. The number of carbonyl (C=O) groups excluding carboxylic acids is 1. The third-order valence-corrected chi connectivity index (χ3v) is 7.30. The first-order valence-corrected chi connectivity index (χ1v) is 11.2. The largest absolute Gasteiger partial charge is 0.422 e. The van der Waals surface area contributed by atoms with Crippen molar-refractivity contribution in [2.45, 2.75) is 19.0 Å². The van der Waals surface area contributed by atoms with E-state index in [2.05, 4.69) is 0 Å². The second-order valence-electron chi connectivity index (χ2n) is 6.55. The number of hydrogen-bond acceptors (Lipinski definition) is 6. The fourth-order valence-corrected chi connectivity index (χ4v) is 5.76. The molecular weight excluding hydrogens is 386 g/mol. The highest BCUT2D eigenvalue weighted by Gasteiger charge is 2.36. The molecule has 1 aliphatic rings. The van der Waals surface area contributed by atoms with Crippen molar-refractivity contribution in [3.05, 3.63) is 68.7 Å². The lowest BCUT2D eigenvalue weighted by molar-refractivity contribution is 0.0679. The standard InChI is InChI=1S/C19H17NO5S2/c21-18(16-10-13-4-1-2-6-17(13)25-19(16)22)20(11-15-5-3-8-26-15)14-7-9-27(23,24)12-14/h1-6,8,10,14H,7,9,11-12H2/t14-/m0/s1. The monoisotopic (exact) mass is 403 g/mol. The van der Waals surface area contributed by atoms with Gasteiger partial charge in [0.05, 0.1) is 18.1 Å². The maximum atomic E-state index is 13.2. The summed E-state index contributed by atoms with van der Waals surface area (Å²) in [7, 11) is -3.17. The van der Waals surface area contributed by atoms with Crippen molar-refractivity contribution in [1.29, 1.82) is 0 Å². The first-order chi connectivity index (χ1) is 12.9. The number of amides is 1. The van der Waals surface area contributed by atoms with Crippen LogP contribution in [0.5, 0.6) is 0 Å². The molecule has 0 N–H and O–H groups in total. The van der Waals surface area contributed by atoms with Crippen LogP contribution >= 0.6 is 11.3 Å². The zero-order valence-electron chi connectivity index (χ0n) is 14.3. The van der Waals surface area contributed by atoms with E-state index < -0.39 is 27.4 Å². The molecule has 0 unspecified atom stereocenters. The summed E-state index contributed by atoms with van der Waals surface area (Å²) >= 11 is 1.48. The minimum absolute atomic E-state index is 0.0538. The van der Waals surface area contributed by atoms with Gasteiger partial charge in [-0.2, -0.15) is 0 Å². The predicted octanol–water partition coefficient (Wildman–Crippen LogP) is 2.68. The van der Waals surface area contributed by atoms with Gasteiger partial charge in [0.2, 0.25) is 0 Å². The van der Waals surface area contributed by atoms with E-state index in [1.54, 1.807) is 24.3 Å². The summed E-state index contributed by atoms with van der Waals surface area (Å²) in [6, 6.07) is 11.8. The number of carbonyl (C=O) groups is 1. The van der Waals surface area contributed by atoms with Crippen LogP contribution in [-0.2, 0) is 16.4 Å². The van der Waals surface area contributed by atoms with Gasteiger partial charge < -0.3 is 9.32 Å². The van der Waals surface area contributed by atoms with Crippen LogP contribution in [0.4, 0.5) is 0 Å². The maximum absolute atomic E-state index is 13.2. The Balaban J connectivity index is 1.74. The van der Waals surface area contributed by atoms with E-state index >= 15 is 0 Å². The molecule has 27 heavy (non-hydrogen) atoms. The summed E-state index contributed by atoms with van der Waals surface area (Å²) in [5.74, 6) is -0.522. The lowest BCUT2D eigenvalue weighted by Crippen LogP contribution is -2.42. The number of thiophene rings is 1. The van der Waals surface area contributed by atoms with Gasteiger partial charge in [0.25, 0.3) is 5.91 Å². The Labute approximate surface area is 160 Å². The Hall–Kier alpha value is -2.45. The number of nitrogens with zero attached hydrogens (tertiary/aromatic N) is 1. The average molecular weight is 403 g/mol. The highest BCUT2D eigenvalue weighted by atomic mass is 32.2. The second kappa shape index (κ2) is 6.94. The first kappa shape index (κ1) is 17.9. The molecule has 1 saturated heterocycles. The van der Waals surface area contributed by atoms with E-state index in [4.69, 9.17) is 4.42 Å². The van der Waals surface area contributed by atoms with Gasteiger partial charge in [-0.3, -0.25) is 4.79 Å². The number of fused-ring (bicyclic) bond motifs is 1. The molecule has 3 aromatic rings. The van der Waals surface area contributed by atoms with Gasteiger partial charge in [0.15, 0.2) is 9.84 Å². The van der Waals surface area contributed by atoms with Crippen molar-refractivity contribution in [1.82, 2.24) is 4.90 Å². The summed E-state index contributed by atoms with van der Waals surface area (Å²) in [5, 5.41) is 2.55. The van der Waals surface area contributed by atoms with Gasteiger partial charge in [0, 0.05) is 16.3 Å². The van der Waals surface area contributed by atoms with Crippen LogP contribution in [0.1, 0.15) is 21.7 Å². The van der Waals surface area contributed by atoms with E-state index in [9.17, 15) is 18.0 Å². The average Bonchev–Trinajstić information content (AvgIpc) is 3.27. The minimum atomic E-state index is -3.17. The van der Waals surface area contributed by atoms with E-state index in [0.717, 1.165) is 4.88 Å². The van der Waals surface area contributed by atoms with Crippen LogP contribution in [0.25, 0.3) is 11.0 Å². The number of rotatable bonds is 4. The number of sulfone groups is 1. The molecule has 0 saturated carbocycles. The van der Waals surface area contributed by atoms with Crippen LogP contribution in [0.2, 0.25) is 0 Å². The molecule has 6 nitrogen and oxygen atoms in total. The molecule has 1 aromatic carbocycles. The molecule has 140 valence electrons. The molecular formula is C19H17NO5S2. The Morgan fingerprint density at radius 1 is 1.22 bits per heavy atom. The molecule has 0 radical (unpaired) electrons. The van der Waals surface area contributed by atoms with Crippen molar-refractivity contribution in [2.24, 2.45) is 0 Å². The van der Waals surface area contributed by atoms with Crippen LogP contribution in [0, 0.1) is 0 Å². The van der Waals surface area contributed by atoms with Crippen molar-refractivity contribution in [3.63, 3.8) is 0 Å².